The minimum Gasteiger partial charge on any atom is -0.507 e. The number of ether oxygens (including phenoxy) is 5. The number of nitrogens with zero attached hydrogens (tertiary/aromatic N) is 1. The van der Waals surface area contributed by atoms with Crippen molar-refractivity contribution < 1.29 is 38.4 Å². The van der Waals surface area contributed by atoms with Gasteiger partial charge in [-0.25, -0.2) is 9.59 Å². The number of nitrogens with two attached hydrogens (primary N) is 1. The molecule has 4 aliphatic heterocycles. The number of fused-ring (bicyclic) bond motifs is 14. The molecule has 4 heterocycles. The smallest absolute Gasteiger partial charge is 0.340 e. The fourth-order valence-corrected chi connectivity index (χ4v) is 8.74. The van der Waals surface area contributed by atoms with Crippen LogP contribution in [-0.4, -0.2) is 31.1 Å². The van der Waals surface area contributed by atoms with Gasteiger partial charge in [-0.15, -0.1) is 0 Å². The molecule has 2 spiro atoms. The monoisotopic (exact) mass is 738 g/mol. The Labute approximate surface area is 319 Å². The molecule has 0 amide bonds. The van der Waals surface area contributed by atoms with Gasteiger partial charge in [0.15, 0.2) is 11.2 Å². The second-order valence-corrected chi connectivity index (χ2v) is 14.5. The number of anilines is 2. The molecule has 0 saturated carbocycles. The van der Waals surface area contributed by atoms with Crippen LogP contribution >= 0.6 is 0 Å². The molecule has 2 unspecified atom stereocenters. The minimum atomic E-state index is -1.33. The van der Waals surface area contributed by atoms with Crippen LogP contribution < -0.4 is 24.8 Å². The summed E-state index contributed by atoms with van der Waals surface area (Å²) in [4.78, 5) is 28.7. The number of esters is 2. The molecule has 10 nitrogen and oxygen atoms in total. The highest BCUT2D eigenvalue weighted by atomic mass is 16.6. The Morgan fingerprint density at radius 1 is 0.607 bits per heavy atom. The van der Waals surface area contributed by atoms with Crippen molar-refractivity contribution in [2.75, 3.05) is 24.7 Å². The molecule has 2 atom stereocenters. The van der Waals surface area contributed by atoms with E-state index in [0.29, 0.717) is 95.5 Å². The Bertz CT molecular complexity index is 2920. The number of hydrogen-bond donors (Lipinski definition) is 2. The normalized spacial score (nSPS) is 19.1. The lowest BCUT2D eigenvalue weighted by Gasteiger charge is -2.37. The van der Waals surface area contributed by atoms with Gasteiger partial charge in [-0.1, -0.05) is 36.4 Å². The van der Waals surface area contributed by atoms with E-state index in [-0.39, 0.29) is 5.75 Å². The van der Waals surface area contributed by atoms with Crippen LogP contribution in [0.3, 0.4) is 0 Å². The van der Waals surface area contributed by atoms with Crippen molar-refractivity contribution in [2.24, 2.45) is 0 Å². The van der Waals surface area contributed by atoms with Gasteiger partial charge < -0.3 is 39.4 Å². The van der Waals surface area contributed by atoms with Crippen LogP contribution in [0.2, 0.25) is 0 Å². The SMILES string of the molecule is CN(C)c1ccc2c(c1)Oc1c(ccc3c(Oc4ccc5c(c4)Oc4cc(N)ccc4C54OC(=O)c5ccccc54)ccc(O)c13)C21OC(=O)c2ccccc21. The Morgan fingerprint density at radius 3 is 1.89 bits per heavy atom. The molecule has 0 saturated heterocycles. The van der Waals surface area contributed by atoms with Crippen LogP contribution in [0.1, 0.15) is 54.1 Å². The maximum Gasteiger partial charge on any atom is 0.340 e. The Hall–Kier alpha value is -7.46. The van der Waals surface area contributed by atoms with E-state index >= 15 is 0 Å². The first-order valence-corrected chi connectivity index (χ1v) is 18.0. The van der Waals surface area contributed by atoms with Crippen molar-refractivity contribution >= 4 is 34.1 Å². The quantitative estimate of drug-likeness (QED) is 0.134. The highest BCUT2D eigenvalue weighted by Gasteiger charge is 2.55. The number of hydrogen-bond acceptors (Lipinski definition) is 10. The molecule has 56 heavy (non-hydrogen) atoms. The number of rotatable bonds is 3. The maximum atomic E-state index is 13.5. The largest absolute Gasteiger partial charge is 0.507 e. The number of benzene rings is 7. The average molecular weight is 739 g/mol. The number of phenolic OH excluding ortho intramolecular Hbond substituents is 1. The molecule has 0 aliphatic carbocycles. The summed E-state index contributed by atoms with van der Waals surface area (Å²) in [5.74, 6) is 1.62. The molecule has 11 rings (SSSR count). The molecule has 10 heteroatoms. The number of carbonyl (C=O) groups is 2. The molecule has 272 valence electrons. The molecule has 7 aromatic carbocycles. The van der Waals surface area contributed by atoms with Crippen molar-refractivity contribution in [3.05, 3.63) is 172 Å². The number of phenols is 1. The van der Waals surface area contributed by atoms with Crippen molar-refractivity contribution in [1.82, 2.24) is 0 Å². The maximum absolute atomic E-state index is 13.5. The van der Waals surface area contributed by atoms with E-state index in [4.69, 9.17) is 29.4 Å². The lowest BCUT2D eigenvalue weighted by molar-refractivity contribution is 0.0215. The van der Waals surface area contributed by atoms with Crippen molar-refractivity contribution in [2.45, 2.75) is 11.2 Å². The first kappa shape index (κ1) is 32.0. The average Bonchev–Trinajstić information content (AvgIpc) is 3.66. The summed E-state index contributed by atoms with van der Waals surface area (Å²) in [6.45, 7) is 0. The fraction of sp³-hybridized carbons (Fsp3) is 0.0870. The molecule has 7 aromatic rings. The number of carbonyl (C=O) groups excluding carboxylic acids is 2. The summed E-state index contributed by atoms with van der Waals surface area (Å²) in [5, 5.41) is 12.5. The van der Waals surface area contributed by atoms with E-state index in [1.54, 1.807) is 48.5 Å². The van der Waals surface area contributed by atoms with Gasteiger partial charge in [0.05, 0.1) is 16.5 Å². The second-order valence-electron chi connectivity index (χ2n) is 14.5. The topological polar surface area (TPSA) is 130 Å². The van der Waals surface area contributed by atoms with Gasteiger partial charge in [-0.2, -0.15) is 0 Å². The van der Waals surface area contributed by atoms with Gasteiger partial charge in [0.1, 0.15) is 40.2 Å². The lowest BCUT2D eigenvalue weighted by Crippen LogP contribution is -2.33. The van der Waals surface area contributed by atoms with Gasteiger partial charge in [0, 0.05) is 82.4 Å². The van der Waals surface area contributed by atoms with E-state index in [2.05, 4.69) is 0 Å². The summed E-state index contributed by atoms with van der Waals surface area (Å²) in [6, 6.07) is 38.0. The lowest BCUT2D eigenvalue weighted by atomic mass is 9.77. The van der Waals surface area contributed by atoms with Crippen LogP contribution in [-0.2, 0) is 20.7 Å². The molecule has 4 aliphatic rings. The zero-order valence-corrected chi connectivity index (χ0v) is 30.0. The van der Waals surface area contributed by atoms with Gasteiger partial charge in [0.2, 0.25) is 0 Å². The number of aromatic hydroxyl groups is 1. The highest BCUT2D eigenvalue weighted by molar-refractivity contribution is 6.02. The van der Waals surface area contributed by atoms with E-state index in [9.17, 15) is 14.7 Å². The molecule has 0 aromatic heterocycles. The van der Waals surface area contributed by atoms with E-state index in [1.807, 2.05) is 97.9 Å². The zero-order chi connectivity index (χ0) is 38.1. The predicted octanol–water partition coefficient (Wildman–Crippen LogP) is 9.12. The Kier molecular flexibility index (Phi) is 6.32. The predicted molar refractivity (Wildman–Crippen MR) is 207 cm³/mol. The van der Waals surface area contributed by atoms with Gasteiger partial charge in [-0.05, 0) is 72.8 Å². The van der Waals surface area contributed by atoms with Crippen molar-refractivity contribution in [1.29, 1.82) is 0 Å². The molecular weight excluding hydrogens is 709 g/mol. The zero-order valence-electron chi connectivity index (χ0n) is 30.0. The standard InChI is InChI=1S/C46H30N2O8/c1-48(2)25-12-16-33-39(22-25)54-42-35(46(33)31-10-6-4-8-28(31)44(51)56-46)18-14-29-37(20-19-36(49)41(29)42)52-26-13-17-34-40(23-26)53-38-21-24(47)11-15-32(38)45(34)30-9-5-3-7-27(30)43(50)55-45/h3-23,49H,47H2,1-2H3. The van der Waals surface area contributed by atoms with Crippen LogP contribution in [0.25, 0.3) is 10.8 Å². The summed E-state index contributed by atoms with van der Waals surface area (Å²) in [7, 11) is 3.87. The molecule has 3 N–H and O–H groups in total. The third-order valence-corrected chi connectivity index (χ3v) is 11.2. The van der Waals surface area contributed by atoms with Gasteiger partial charge in [-0.3, -0.25) is 0 Å². The van der Waals surface area contributed by atoms with Crippen LogP contribution in [0.15, 0.2) is 127 Å². The van der Waals surface area contributed by atoms with Crippen LogP contribution in [0, 0.1) is 0 Å². The van der Waals surface area contributed by atoms with E-state index < -0.39 is 23.1 Å². The first-order valence-electron chi connectivity index (χ1n) is 18.0. The fourth-order valence-electron chi connectivity index (χ4n) is 8.74. The molecular formula is C46H30N2O8. The number of nitrogen functional groups attached to an aromatic ring is 1. The summed E-state index contributed by atoms with van der Waals surface area (Å²) in [6.07, 6.45) is 0. The summed E-state index contributed by atoms with van der Waals surface area (Å²) in [5.41, 5.74) is 9.85. The summed E-state index contributed by atoms with van der Waals surface area (Å²) < 4.78 is 32.4. The van der Waals surface area contributed by atoms with Crippen LogP contribution in [0.4, 0.5) is 11.4 Å². The van der Waals surface area contributed by atoms with Crippen molar-refractivity contribution in [3.63, 3.8) is 0 Å². The second kappa shape index (κ2) is 11.0. The minimum absolute atomic E-state index is 0.0456. The van der Waals surface area contributed by atoms with E-state index in [1.165, 1.54) is 0 Å². The van der Waals surface area contributed by atoms with E-state index in [0.717, 1.165) is 5.69 Å². The Morgan fingerprint density at radius 2 is 1.20 bits per heavy atom. The Balaban J connectivity index is 1.06. The molecule has 0 radical (unpaired) electrons. The third kappa shape index (κ3) is 4.09. The molecule has 0 fully saturated rings. The highest BCUT2D eigenvalue weighted by Crippen LogP contribution is 2.60. The van der Waals surface area contributed by atoms with Crippen LogP contribution in [0.5, 0.6) is 40.2 Å². The third-order valence-electron chi connectivity index (χ3n) is 11.2. The summed E-state index contributed by atoms with van der Waals surface area (Å²) >= 11 is 0. The van der Waals surface area contributed by atoms with Gasteiger partial charge >= 0.3 is 11.9 Å². The molecule has 0 bridgehead atoms. The first-order chi connectivity index (χ1) is 27.2. The van der Waals surface area contributed by atoms with Crippen molar-refractivity contribution in [3.8, 4) is 40.2 Å². The van der Waals surface area contributed by atoms with Gasteiger partial charge in [0.25, 0.3) is 0 Å².